The predicted molar refractivity (Wildman–Crippen MR) is 113 cm³/mol. The summed E-state index contributed by atoms with van der Waals surface area (Å²) in [6.07, 6.45) is 5.85. The van der Waals surface area contributed by atoms with Crippen molar-refractivity contribution in [3.63, 3.8) is 0 Å². The zero-order valence-electron chi connectivity index (χ0n) is 16.3. The Hall–Kier alpha value is -3.27. The Bertz CT molecular complexity index is 1270. The van der Waals surface area contributed by atoms with Crippen LogP contribution >= 0.6 is 11.3 Å². The first kappa shape index (κ1) is 18.7. The van der Waals surface area contributed by atoms with E-state index in [4.69, 9.17) is 5.73 Å². The molecule has 3 aromatic heterocycles. The fourth-order valence-corrected chi connectivity index (χ4v) is 5.39. The quantitative estimate of drug-likeness (QED) is 0.591. The number of aromatic nitrogens is 3. The normalized spacial score (nSPS) is 17.2. The summed E-state index contributed by atoms with van der Waals surface area (Å²) >= 11 is 1.17. The molecule has 10 heteroatoms. The van der Waals surface area contributed by atoms with Crippen LogP contribution in [0.15, 0.2) is 23.3 Å². The number of nitrogens with two attached hydrogens (primary N) is 1. The number of rotatable bonds is 3. The molecule has 0 unspecified atom stereocenters. The number of carbonyl (C=O) groups excluding carboxylic acids is 2. The molecule has 0 aromatic carbocycles. The molecule has 4 N–H and O–H groups in total. The van der Waals surface area contributed by atoms with Crippen molar-refractivity contribution in [2.75, 3.05) is 5.32 Å². The molecule has 2 aliphatic rings. The first-order valence-corrected chi connectivity index (χ1v) is 10.6. The fourth-order valence-electron chi connectivity index (χ4n) is 4.54. The van der Waals surface area contributed by atoms with Gasteiger partial charge in [0, 0.05) is 0 Å². The van der Waals surface area contributed by atoms with Gasteiger partial charge in [0.25, 0.3) is 17.4 Å². The Labute approximate surface area is 175 Å². The summed E-state index contributed by atoms with van der Waals surface area (Å²) in [5.41, 5.74) is 5.92. The second kappa shape index (κ2) is 6.63. The number of hydrogen-bond donors (Lipinski definition) is 3. The Morgan fingerprint density at radius 3 is 2.73 bits per heavy atom. The Morgan fingerprint density at radius 1 is 1.23 bits per heavy atom. The van der Waals surface area contributed by atoms with Gasteiger partial charge in [0.05, 0.1) is 10.3 Å². The molecule has 1 fully saturated rings. The van der Waals surface area contributed by atoms with E-state index in [0.717, 1.165) is 32.1 Å². The molecule has 1 spiro atoms. The van der Waals surface area contributed by atoms with Crippen LogP contribution in [0.4, 0.5) is 11.5 Å². The molecular weight excluding hydrogens is 404 g/mol. The number of amides is 2. The number of fused-ring (bicyclic) bond motifs is 3. The minimum Gasteiger partial charge on any atom is -0.365 e. The SMILES string of the molecule is Cc1cc(Nc2ncnc3sc(C(N)=O)cc23)c(=O)n2c1C(=O)NC21CCCCC1. The lowest BCUT2D eigenvalue weighted by Crippen LogP contribution is -2.48. The van der Waals surface area contributed by atoms with Gasteiger partial charge < -0.3 is 16.4 Å². The molecular formula is C20H20N6O3S. The van der Waals surface area contributed by atoms with Gasteiger partial charge in [-0.15, -0.1) is 11.3 Å². The van der Waals surface area contributed by atoms with Crippen LogP contribution < -0.4 is 21.9 Å². The Kier molecular flexibility index (Phi) is 4.14. The van der Waals surface area contributed by atoms with E-state index >= 15 is 0 Å². The molecule has 0 atom stereocenters. The lowest BCUT2D eigenvalue weighted by Gasteiger charge is -2.35. The number of anilines is 2. The van der Waals surface area contributed by atoms with Crippen LogP contribution in [0.25, 0.3) is 10.2 Å². The molecule has 4 heterocycles. The topological polar surface area (TPSA) is 132 Å². The molecule has 0 radical (unpaired) electrons. The van der Waals surface area contributed by atoms with E-state index in [9.17, 15) is 14.4 Å². The van der Waals surface area contributed by atoms with Gasteiger partial charge in [0.15, 0.2) is 0 Å². The molecule has 30 heavy (non-hydrogen) atoms. The molecule has 5 rings (SSSR count). The van der Waals surface area contributed by atoms with Gasteiger partial charge in [-0.05, 0) is 50.3 Å². The van der Waals surface area contributed by atoms with E-state index in [1.165, 1.54) is 17.7 Å². The maximum Gasteiger partial charge on any atom is 0.276 e. The summed E-state index contributed by atoms with van der Waals surface area (Å²) in [5, 5.41) is 6.79. The van der Waals surface area contributed by atoms with Crippen LogP contribution in [0.2, 0.25) is 0 Å². The molecule has 1 saturated carbocycles. The highest BCUT2D eigenvalue weighted by Gasteiger charge is 2.45. The zero-order valence-corrected chi connectivity index (χ0v) is 17.1. The standard InChI is InChI=1S/C20H20N6O3S/c1-10-7-12(24-16-11-8-13(15(21)27)30-18(11)23-9-22-16)19(29)26-14(10)17(28)25-20(26)5-3-2-4-6-20/h7-9H,2-6H2,1H3,(H2,21,27)(H,25,28)(H,22,23,24). The molecule has 1 aliphatic heterocycles. The van der Waals surface area contributed by atoms with Crippen LogP contribution in [-0.4, -0.2) is 26.3 Å². The second-order valence-electron chi connectivity index (χ2n) is 7.82. The van der Waals surface area contributed by atoms with Crippen LogP contribution in [0.5, 0.6) is 0 Å². The minimum atomic E-state index is -0.660. The third kappa shape index (κ3) is 2.71. The van der Waals surface area contributed by atoms with Crippen LogP contribution in [0.1, 0.15) is 57.8 Å². The van der Waals surface area contributed by atoms with E-state index in [0.29, 0.717) is 37.9 Å². The van der Waals surface area contributed by atoms with Crippen molar-refractivity contribution in [2.45, 2.75) is 44.7 Å². The molecule has 0 saturated heterocycles. The number of primary amides is 1. The number of pyridine rings is 1. The van der Waals surface area contributed by atoms with Crippen molar-refractivity contribution >= 4 is 44.9 Å². The predicted octanol–water partition coefficient (Wildman–Crippen LogP) is 2.36. The van der Waals surface area contributed by atoms with Gasteiger partial charge in [-0.2, -0.15) is 0 Å². The largest absolute Gasteiger partial charge is 0.365 e. The molecule has 2 amide bonds. The number of nitrogens with zero attached hydrogens (tertiary/aromatic N) is 3. The zero-order chi connectivity index (χ0) is 21.0. The summed E-state index contributed by atoms with van der Waals surface area (Å²) in [6.45, 7) is 1.82. The average molecular weight is 424 g/mol. The average Bonchev–Trinajstić information content (AvgIpc) is 3.27. The van der Waals surface area contributed by atoms with Crippen molar-refractivity contribution in [1.29, 1.82) is 0 Å². The second-order valence-corrected chi connectivity index (χ2v) is 8.85. The van der Waals surface area contributed by atoms with Gasteiger partial charge in [0.2, 0.25) is 0 Å². The fraction of sp³-hybridized carbons (Fsp3) is 0.350. The van der Waals surface area contributed by atoms with Gasteiger partial charge in [-0.25, -0.2) is 9.97 Å². The minimum absolute atomic E-state index is 0.202. The van der Waals surface area contributed by atoms with Crippen LogP contribution in [0.3, 0.4) is 0 Å². The van der Waals surface area contributed by atoms with Crippen LogP contribution in [-0.2, 0) is 5.66 Å². The third-order valence-corrected chi connectivity index (χ3v) is 6.94. The highest BCUT2D eigenvalue weighted by Crippen LogP contribution is 2.38. The van der Waals surface area contributed by atoms with Crippen molar-refractivity contribution in [1.82, 2.24) is 19.9 Å². The summed E-state index contributed by atoms with van der Waals surface area (Å²) in [4.78, 5) is 47.1. The summed E-state index contributed by atoms with van der Waals surface area (Å²) in [7, 11) is 0. The van der Waals surface area contributed by atoms with Crippen LogP contribution in [0, 0.1) is 6.92 Å². The van der Waals surface area contributed by atoms with E-state index in [1.807, 2.05) is 6.92 Å². The van der Waals surface area contributed by atoms with Gasteiger partial charge >= 0.3 is 0 Å². The first-order chi connectivity index (χ1) is 14.4. The van der Waals surface area contributed by atoms with Gasteiger partial charge in [-0.1, -0.05) is 6.42 Å². The third-order valence-electron chi connectivity index (χ3n) is 5.89. The highest BCUT2D eigenvalue weighted by atomic mass is 32.1. The monoisotopic (exact) mass is 424 g/mol. The van der Waals surface area contributed by atoms with Crippen molar-refractivity contribution in [2.24, 2.45) is 5.73 Å². The molecule has 3 aromatic rings. The Morgan fingerprint density at radius 2 is 2.00 bits per heavy atom. The van der Waals surface area contributed by atoms with Crippen molar-refractivity contribution in [3.05, 3.63) is 44.9 Å². The van der Waals surface area contributed by atoms with Crippen molar-refractivity contribution < 1.29 is 9.59 Å². The highest BCUT2D eigenvalue weighted by molar-refractivity contribution is 7.20. The lowest BCUT2D eigenvalue weighted by molar-refractivity contribution is 0.0876. The molecule has 1 aliphatic carbocycles. The summed E-state index contributed by atoms with van der Waals surface area (Å²) < 4.78 is 1.63. The lowest BCUT2D eigenvalue weighted by atomic mass is 9.89. The summed E-state index contributed by atoms with van der Waals surface area (Å²) in [5.74, 6) is -0.330. The van der Waals surface area contributed by atoms with E-state index < -0.39 is 11.6 Å². The van der Waals surface area contributed by atoms with E-state index in [1.54, 1.807) is 16.7 Å². The number of hydrogen-bond acceptors (Lipinski definition) is 7. The van der Waals surface area contributed by atoms with Crippen molar-refractivity contribution in [3.8, 4) is 0 Å². The maximum absolute atomic E-state index is 13.5. The molecule has 0 bridgehead atoms. The molecule has 154 valence electrons. The number of thiophene rings is 1. The number of nitrogens with one attached hydrogen (secondary N) is 2. The molecule has 9 nitrogen and oxygen atoms in total. The van der Waals surface area contributed by atoms with E-state index in [2.05, 4.69) is 20.6 Å². The Balaban J connectivity index is 1.64. The van der Waals surface area contributed by atoms with E-state index in [-0.39, 0.29) is 11.5 Å². The van der Waals surface area contributed by atoms with Gasteiger partial charge in [0.1, 0.15) is 34.0 Å². The smallest absolute Gasteiger partial charge is 0.276 e. The van der Waals surface area contributed by atoms with Gasteiger partial charge in [-0.3, -0.25) is 19.0 Å². The number of carbonyl (C=O) groups is 2. The first-order valence-electron chi connectivity index (χ1n) is 9.81. The maximum atomic E-state index is 13.5. The summed E-state index contributed by atoms with van der Waals surface area (Å²) in [6, 6.07) is 3.29. The number of aryl methyl sites for hydroxylation is 1.